The first-order valence-electron chi connectivity index (χ1n) is 7.72. The van der Waals surface area contributed by atoms with Crippen molar-refractivity contribution < 1.29 is 28.2 Å². The summed E-state index contributed by atoms with van der Waals surface area (Å²) in [7, 11) is 1.73. The van der Waals surface area contributed by atoms with E-state index in [9.17, 15) is 18.8 Å². The van der Waals surface area contributed by atoms with Gasteiger partial charge >= 0.3 is 5.97 Å². The first kappa shape index (κ1) is 18.6. The molecule has 1 aromatic carbocycles. The fourth-order valence-electron chi connectivity index (χ4n) is 2.37. The number of rotatable bonds is 7. The van der Waals surface area contributed by atoms with E-state index in [2.05, 4.69) is 0 Å². The van der Waals surface area contributed by atoms with Crippen molar-refractivity contribution in [3.05, 3.63) is 47.9 Å². The van der Waals surface area contributed by atoms with E-state index in [0.717, 1.165) is 0 Å². The molecule has 1 saturated heterocycles. The molecule has 0 bridgehead atoms. The molecule has 2 atom stereocenters. The Bertz CT molecular complexity index is 664. The molecule has 2 amide bonds. The van der Waals surface area contributed by atoms with Crippen molar-refractivity contribution >= 4 is 18.3 Å². The lowest BCUT2D eigenvalue weighted by Gasteiger charge is -2.22. The van der Waals surface area contributed by atoms with E-state index < -0.39 is 17.7 Å². The summed E-state index contributed by atoms with van der Waals surface area (Å²) in [6.07, 6.45) is 3.77. The number of amides is 2. The maximum atomic E-state index is 13.5. The second-order valence-electron chi connectivity index (χ2n) is 5.48. The Morgan fingerprint density at radius 3 is 2.88 bits per heavy atom. The van der Waals surface area contributed by atoms with Crippen LogP contribution >= 0.6 is 0 Å². The molecule has 1 N–H and O–H groups in total. The van der Waals surface area contributed by atoms with E-state index in [1.807, 2.05) is 5.32 Å². The van der Waals surface area contributed by atoms with Crippen LogP contribution in [0.1, 0.15) is 23.2 Å². The maximum Gasteiger partial charge on any atom is 0.341 e. The largest absolute Gasteiger partial charge is 0.459 e. The number of nitrogens with one attached hydrogen (secondary N) is 1. The minimum absolute atomic E-state index is 0.0207. The SMILES string of the molecule is CN(/C=C\C(=O)NC=O)C1CCC(COC(=O)c2ccccc2F)O1. The van der Waals surface area contributed by atoms with Crippen LogP contribution in [0, 0.1) is 5.82 Å². The molecule has 8 heteroatoms. The van der Waals surface area contributed by atoms with Gasteiger partial charge in [0.2, 0.25) is 6.41 Å². The first-order chi connectivity index (χ1) is 12.0. The lowest BCUT2D eigenvalue weighted by molar-refractivity contribution is -0.121. The van der Waals surface area contributed by atoms with Gasteiger partial charge in [0, 0.05) is 19.3 Å². The van der Waals surface area contributed by atoms with Crippen molar-refractivity contribution in [2.24, 2.45) is 0 Å². The molecular weight excluding hydrogens is 331 g/mol. The molecule has 1 aromatic rings. The van der Waals surface area contributed by atoms with Crippen LogP contribution in [0.15, 0.2) is 36.5 Å². The third-order valence-corrected chi connectivity index (χ3v) is 3.70. The molecule has 0 saturated carbocycles. The van der Waals surface area contributed by atoms with E-state index in [1.54, 1.807) is 18.0 Å². The molecule has 0 aliphatic carbocycles. The smallest absolute Gasteiger partial charge is 0.341 e. The van der Waals surface area contributed by atoms with Crippen molar-refractivity contribution in [2.75, 3.05) is 13.7 Å². The molecule has 0 aromatic heterocycles. The average molecular weight is 350 g/mol. The number of nitrogens with zero attached hydrogens (tertiary/aromatic N) is 1. The molecule has 1 fully saturated rings. The predicted octanol–water partition coefficient (Wildman–Crippen LogP) is 1.21. The zero-order valence-corrected chi connectivity index (χ0v) is 13.7. The molecule has 2 rings (SSSR count). The van der Waals surface area contributed by atoms with Crippen molar-refractivity contribution in [1.82, 2.24) is 10.2 Å². The molecule has 0 radical (unpaired) electrons. The summed E-state index contributed by atoms with van der Waals surface area (Å²) < 4.78 is 24.4. The number of carbonyl (C=O) groups excluding carboxylic acids is 3. The van der Waals surface area contributed by atoms with Gasteiger partial charge in [-0.05, 0) is 25.0 Å². The Hall–Kier alpha value is -2.74. The van der Waals surface area contributed by atoms with Crippen molar-refractivity contribution in [2.45, 2.75) is 25.2 Å². The van der Waals surface area contributed by atoms with Crippen LogP contribution in [0.3, 0.4) is 0 Å². The van der Waals surface area contributed by atoms with Crippen LogP contribution in [0.2, 0.25) is 0 Å². The van der Waals surface area contributed by atoms with Crippen LogP contribution in [0.4, 0.5) is 4.39 Å². The van der Waals surface area contributed by atoms with Crippen LogP contribution < -0.4 is 5.32 Å². The lowest BCUT2D eigenvalue weighted by atomic mass is 10.2. The summed E-state index contributed by atoms with van der Waals surface area (Å²) >= 11 is 0. The number of hydrogen-bond acceptors (Lipinski definition) is 6. The average Bonchev–Trinajstić information content (AvgIpc) is 3.07. The fraction of sp³-hybridized carbons (Fsp3) is 0.353. The quantitative estimate of drug-likeness (QED) is 0.452. The number of halogens is 1. The van der Waals surface area contributed by atoms with Gasteiger partial charge in [-0.25, -0.2) is 9.18 Å². The van der Waals surface area contributed by atoms with Gasteiger partial charge in [-0.1, -0.05) is 12.1 Å². The topological polar surface area (TPSA) is 84.9 Å². The van der Waals surface area contributed by atoms with Gasteiger partial charge in [-0.2, -0.15) is 0 Å². The van der Waals surface area contributed by atoms with Crippen LogP contribution in [0.5, 0.6) is 0 Å². The van der Waals surface area contributed by atoms with Gasteiger partial charge in [-0.15, -0.1) is 0 Å². The Kier molecular flexibility index (Phi) is 6.64. The molecule has 1 aliphatic rings. The maximum absolute atomic E-state index is 13.5. The van der Waals surface area contributed by atoms with Crippen LogP contribution in [0.25, 0.3) is 0 Å². The van der Waals surface area contributed by atoms with Gasteiger partial charge in [0.25, 0.3) is 5.91 Å². The van der Waals surface area contributed by atoms with Crippen molar-refractivity contribution in [3.63, 3.8) is 0 Å². The van der Waals surface area contributed by atoms with Crippen molar-refractivity contribution in [3.8, 4) is 0 Å². The molecule has 1 heterocycles. The minimum Gasteiger partial charge on any atom is -0.459 e. The Labute approximate surface area is 144 Å². The van der Waals surface area contributed by atoms with Gasteiger partial charge < -0.3 is 14.4 Å². The number of benzene rings is 1. The van der Waals surface area contributed by atoms with Gasteiger partial charge in [0.05, 0.1) is 11.7 Å². The summed E-state index contributed by atoms with van der Waals surface area (Å²) in [4.78, 5) is 34.9. The summed E-state index contributed by atoms with van der Waals surface area (Å²) in [5, 5.41) is 1.99. The van der Waals surface area contributed by atoms with Crippen LogP contribution in [-0.4, -0.2) is 49.2 Å². The molecule has 7 nitrogen and oxygen atoms in total. The monoisotopic (exact) mass is 350 g/mol. The lowest BCUT2D eigenvalue weighted by Crippen LogP contribution is -2.29. The molecule has 0 spiro atoms. The van der Waals surface area contributed by atoms with Crippen molar-refractivity contribution in [1.29, 1.82) is 0 Å². The van der Waals surface area contributed by atoms with E-state index >= 15 is 0 Å². The van der Waals surface area contributed by atoms with Gasteiger partial charge in [-0.3, -0.25) is 14.9 Å². The standard InChI is InChI=1S/C17H19FN2O5/c1-20(9-8-15(22)19-11-21)16-7-6-12(25-16)10-24-17(23)13-4-2-3-5-14(13)18/h2-5,8-9,11-12,16H,6-7,10H2,1H3,(H,19,21,22)/b9-8-. The van der Waals surface area contributed by atoms with E-state index in [0.29, 0.717) is 19.3 Å². The van der Waals surface area contributed by atoms with Crippen LogP contribution in [-0.2, 0) is 19.1 Å². The molecule has 25 heavy (non-hydrogen) atoms. The highest BCUT2D eigenvalue weighted by Crippen LogP contribution is 2.22. The first-order valence-corrected chi connectivity index (χ1v) is 7.72. The Morgan fingerprint density at radius 2 is 2.16 bits per heavy atom. The zero-order chi connectivity index (χ0) is 18.2. The van der Waals surface area contributed by atoms with E-state index in [-0.39, 0.29) is 24.5 Å². The summed E-state index contributed by atoms with van der Waals surface area (Å²) in [6.45, 7) is 0.0207. The summed E-state index contributed by atoms with van der Waals surface area (Å²) in [5.74, 6) is -1.89. The second kappa shape index (κ2) is 8.93. The predicted molar refractivity (Wildman–Crippen MR) is 85.7 cm³/mol. The number of hydrogen-bond donors (Lipinski definition) is 1. The summed E-state index contributed by atoms with van der Waals surface area (Å²) in [6, 6.07) is 5.61. The highest BCUT2D eigenvalue weighted by molar-refractivity contribution is 5.94. The number of esters is 1. The van der Waals surface area contributed by atoms with Gasteiger partial charge in [0.15, 0.2) is 0 Å². The normalized spacial score (nSPS) is 19.6. The molecular formula is C17H19FN2O5. The third-order valence-electron chi connectivity index (χ3n) is 3.70. The number of ether oxygens (including phenoxy) is 2. The highest BCUT2D eigenvalue weighted by atomic mass is 19.1. The minimum atomic E-state index is -0.732. The fourth-order valence-corrected chi connectivity index (χ4v) is 2.37. The van der Waals surface area contributed by atoms with Gasteiger partial charge in [0.1, 0.15) is 18.7 Å². The molecule has 2 unspecified atom stereocenters. The zero-order valence-electron chi connectivity index (χ0n) is 13.7. The number of carbonyl (C=O) groups is 3. The van der Waals surface area contributed by atoms with E-state index in [4.69, 9.17) is 9.47 Å². The summed E-state index contributed by atoms with van der Waals surface area (Å²) in [5.41, 5.74) is -0.113. The Balaban J connectivity index is 1.79. The number of imide groups is 1. The van der Waals surface area contributed by atoms with E-state index in [1.165, 1.54) is 30.5 Å². The highest BCUT2D eigenvalue weighted by Gasteiger charge is 2.28. The third kappa shape index (κ3) is 5.39. The molecule has 134 valence electrons. The Morgan fingerprint density at radius 1 is 1.40 bits per heavy atom. The molecule has 1 aliphatic heterocycles. The second-order valence-corrected chi connectivity index (χ2v) is 5.48.